The second kappa shape index (κ2) is 7.75. The highest BCUT2D eigenvalue weighted by Gasteiger charge is 2.11. The first kappa shape index (κ1) is 13.6. The minimum Gasteiger partial charge on any atom is -0.313 e. The van der Waals surface area contributed by atoms with E-state index in [0.717, 1.165) is 12.3 Å². The van der Waals surface area contributed by atoms with Gasteiger partial charge in [-0.05, 0) is 18.0 Å². The third-order valence-electron chi connectivity index (χ3n) is 2.68. The zero-order valence-corrected chi connectivity index (χ0v) is 11.4. The molecule has 2 heteroatoms. The van der Waals surface area contributed by atoms with E-state index in [4.69, 9.17) is 0 Å². The standard InChI is InChI=1S/C14H23NS/c1-4-15-14(12(2)3)11-16-10-13-8-6-5-7-9-13/h5-9,12,14-15H,4,10-11H2,1-3H3. The SMILES string of the molecule is CCNC(CSCc1ccccc1)C(C)C. The lowest BCUT2D eigenvalue weighted by Gasteiger charge is -2.21. The minimum absolute atomic E-state index is 0.638. The van der Waals surface area contributed by atoms with Crippen molar-refractivity contribution in [3.05, 3.63) is 35.9 Å². The molecule has 0 aliphatic rings. The molecule has 0 radical (unpaired) electrons. The minimum atomic E-state index is 0.638. The van der Waals surface area contributed by atoms with Gasteiger partial charge in [0, 0.05) is 17.5 Å². The van der Waals surface area contributed by atoms with Crippen molar-refractivity contribution in [1.29, 1.82) is 0 Å². The molecule has 0 aliphatic carbocycles. The lowest BCUT2D eigenvalue weighted by Crippen LogP contribution is -2.35. The molecule has 0 saturated heterocycles. The van der Waals surface area contributed by atoms with E-state index in [-0.39, 0.29) is 0 Å². The highest BCUT2D eigenvalue weighted by Crippen LogP contribution is 2.15. The molecule has 1 nitrogen and oxygen atoms in total. The summed E-state index contributed by atoms with van der Waals surface area (Å²) >= 11 is 2.02. The molecule has 1 aromatic rings. The van der Waals surface area contributed by atoms with Crippen molar-refractivity contribution in [2.45, 2.75) is 32.6 Å². The Hall–Kier alpha value is -0.470. The van der Waals surface area contributed by atoms with Crippen LogP contribution < -0.4 is 5.32 Å². The molecule has 0 amide bonds. The van der Waals surface area contributed by atoms with E-state index < -0.39 is 0 Å². The molecule has 0 bridgehead atoms. The quantitative estimate of drug-likeness (QED) is 0.778. The van der Waals surface area contributed by atoms with Crippen molar-refractivity contribution in [1.82, 2.24) is 5.32 Å². The molecule has 1 atom stereocenters. The van der Waals surface area contributed by atoms with Crippen LogP contribution in [0.5, 0.6) is 0 Å². The van der Waals surface area contributed by atoms with Crippen LogP contribution in [0.25, 0.3) is 0 Å². The van der Waals surface area contributed by atoms with Crippen LogP contribution in [0.15, 0.2) is 30.3 Å². The monoisotopic (exact) mass is 237 g/mol. The van der Waals surface area contributed by atoms with Gasteiger partial charge in [0.1, 0.15) is 0 Å². The molecule has 0 fully saturated rings. The third-order valence-corrected chi connectivity index (χ3v) is 3.81. The zero-order valence-electron chi connectivity index (χ0n) is 10.6. The Morgan fingerprint density at radius 1 is 1.19 bits per heavy atom. The molecular weight excluding hydrogens is 214 g/mol. The summed E-state index contributed by atoms with van der Waals surface area (Å²) < 4.78 is 0. The van der Waals surface area contributed by atoms with Gasteiger partial charge in [-0.1, -0.05) is 51.1 Å². The van der Waals surface area contributed by atoms with E-state index in [9.17, 15) is 0 Å². The van der Waals surface area contributed by atoms with Crippen molar-refractivity contribution in [2.24, 2.45) is 5.92 Å². The molecule has 1 unspecified atom stereocenters. The molecule has 0 heterocycles. The van der Waals surface area contributed by atoms with Crippen LogP contribution in [0.1, 0.15) is 26.3 Å². The van der Waals surface area contributed by atoms with Gasteiger partial charge in [0.15, 0.2) is 0 Å². The number of thioether (sulfide) groups is 1. The second-order valence-electron chi connectivity index (χ2n) is 4.41. The Kier molecular flexibility index (Phi) is 6.58. The van der Waals surface area contributed by atoms with Crippen LogP contribution in [0.2, 0.25) is 0 Å². The summed E-state index contributed by atoms with van der Waals surface area (Å²) in [6.45, 7) is 7.82. The second-order valence-corrected chi connectivity index (χ2v) is 5.44. The summed E-state index contributed by atoms with van der Waals surface area (Å²) in [5.74, 6) is 3.03. The van der Waals surface area contributed by atoms with Crippen molar-refractivity contribution in [3.63, 3.8) is 0 Å². The van der Waals surface area contributed by atoms with Gasteiger partial charge in [-0.3, -0.25) is 0 Å². The maximum absolute atomic E-state index is 3.55. The number of nitrogens with one attached hydrogen (secondary N) is 1. The lowest BCUT2D eigenvalue weighted by molar-refractivity contribution is 0.443. The summed E-state index contributed by atoms with van der Waals surface area (Å²) in [5.41, 5.74) is 1.42. The van der Waals surface area contributed by atoms with Crippen molar-refractivity contribution >= 4 is 11.8 Å². The van der Waals surface area contributed by atoms with Gasteiger partial charge in [0.2, 0.25) is 0 Å². The fraction of sp³-hybridized carbons (Fsp3) is 0.571. The van der Waals surface area contributed by atoms with E-state index in [0.29, 0.717) is 12.0 Å². The predicted molar refractivity (Wildman–Crippen MR) is 74.9 cm³/mol. The van der Waals surface area contributed by atoms with Crippen LogP contribution >= 0.6 is 11.8 Å². The molecule has 1 rings (SSSR count). The van der Waals surface area contributed by atoms with Crippen LogP contribution in [0, 0.1) is 5.92 Å². The maximum Gasteiger partial charge on any atom is 0.0185 e. The van der Waals surface area contributed by atoms with E-state index in [1.165, 1.54) is 11.3 Å². The smallest absolute Gasteiger partial charge is 0.0185 e. The zero-order chi connectivity index (χ0) is 11.8. The van der Waals surface area contributed by atoms with E-state index in [1.54, 1.807) is 0 Å². The van der Waals surface area contributed by atoms with Gasteiger partial charge in [0.25, 0.3) is 0 Å². The van der Waals surface area contributed by atoms with Gasteiger partial charge in [0.05, 0.1) is 0 Å². The highest BCUT2D eigenvalue weighted by molar-refractivity contribution is 7.98. The van der Waals surface area contributed by atoms with Crippen LogP contribution in [-0.4, -0.2) is 18.3 Å². The fourth-order valence-corrected chi connectivity index (χ4v) is 2.93. The van der Waals surface area contributed by atoms with Crippen LogP contribution in [-0.2, 0) is 5.75 Å². The number of benzene rings is 1. The topological polar surface area (TPSA) is 12.0 Å². The molecule has 1 N–H and O–H groups in total. The average Bonchev–Trinajstić information content (AvgIpc) is 2.29. The van der Waals surface area contributed by atoms with Crippen LogP contribution in [0.3, 0.4) is 0 Å². The predicted octanol–water partition coefficient (Wildman–Crippen LogP) is 3.55. The first-order chi connectivity index (χ1) is 7.74. The summed E-state index contributed by atoms with van der Waals surface area (Å²) in [5, 5.41) is 3.55. The summed E-state index contributed by atoms with van der Waals surface area (Å²) in [6.07, 6.45) is 0. The van der Waals surface area contributed by atoms with Gasteiger partial charge in [-0.2, -0.15) is 11.8 Å². The van der Waals surface area contributed by atoms with Gasteiger partial charge in [-0.15, -0.1) is 0 Å². The Morgan fingerprint density at radius 2 is 1.88 bits per heavy atom. The number of hydrogen-bond donors (Lipinski definition) is 1. The molecular formula is C14H23NS. The van der Waals surface area contributed by atoms with Crippen molar-refractivity contribution in [2.75, 3.05) is 12.3 Å². The van der Waals surface area contributed by atoms with E-state index >= 15 is 0 Å². The first-order valence-electron chi connectivity index (χ1n) is 6.09. The largest absolute Gasteiger partial charge is 0.313 e. The van der Waals surface area contributed by atoms with E-state index in [2.05, 4.69) is 56.4 Å². The van der Waals surface area contributed by atoms with E-state index in [1.807, 2.05) is 11.8 Å². The summed E-state index contributed by atoms with van der Waals surface area (Å²) in [7, 11) is 0. The Bertz CT molecular complexity index is 271. The molecule has 0 aliphatic heterocycles. The fourth-order valence-electron chi connectivity index (χ4n) is 1.63. The average molecular weight is 237 g/mol. The van der Waals surface area contributed by atoms with Gasteiger partial charge in [-0.25, -0.2) is 0 Å². The molecule has 0 aromatic heterocycles. The highest BCUT2D eigenvalue weighted by atomic mass is 32.2. The number of rotatable bonds is 7. The molecule has 16 heavy (non-hydrogen) atoms. The van der Waals surface area contributed by atoms with Crippen LogP contribution in [0.4, 0.5) is 0 Å². The van der Waals surface area contributed by atoms with Crippen molar-refractivity contribution < 1.29 is 0 Å². The first-order valence-corrected chi connectivity index (χ1v) is 7.24. The molecule has 90 valence electrons. The third kappa shape index (κ3) is 5.04. The molecule has 0 saturated carbocycles. The summed E-state index contributed by atoms with van der Waals surface area (Å²) in [4.78, 5) is 0. The normalized spacial score (nSPS) is 13.0. The lowest BCUT2D eigenvalue weighted by atomic mass is 10.1. The molecule has 0 spiro atoms. The number of hydrogen-bond acceptors (Lipinski definition) is 2. The van der Waals surface area contributed by atoms with Gasteiger partial charge < -0.3 is 5.32 Å². The summed E-state index contributed by atoms with van der Waals surface area (Å²) in [6, 6.07) is 11.3. The van der Waals surface area contributed by atoms with Crippen molar-refractivity contribution in [3.8, 4) is 0 Å². The molecule has 1 aromatic carbocycles. The maximum atomic E-state index is 3.55. The van der Waals surface area contributed by atoms with Gasteiger partial charge >= 0.3 is 0 Å². The Balaban J connectivity index is 2.28. The Morgan fingerprint density at radius 3 is 2.44 bits per heavy atom. The Labute approximate surface area is 104 Å².